The van der Waals surface area contributed by atoms with Crippen LogP contribution in [0.3, 0.4) is 0 Å². The second-order valence-corrected chi connectivity index (χ2v) is 3.33. The van der Waals surface area contributed by atoms with Gasteiger partial charge < -0.3 is 6.74 Å². The number of thiocarbonyl (C=S) groups is 1. The molecular weight excluding hydrogens is 241 g/mol. The zero-order chi connectivity index (χ0) is 10.4. The molecular formula is C9H9ClN3NaS. The van der Waals surface area contributed by atoms with Gasteiger partial charge in [0.05, 0.1) is 0 Å². The fraction of sp³-hybridized carbons (Fsp3) is 0.111. The van der Waals surface area contributed by atoms with Crippen LogP contribution in [0.4, 0.5) is 0 Å². The van der Waals surface area contributed by atoms with Crippen LogP contribution in [0.15, 0.2) is 24.3 Å². The molecule has 0 saturated heterocycles. The molecule has 0 aliphatic rings. The van der Waals surface area contributed by atoms with Crippen molar-refractivity contribution in [3.8, 4) is 6.19 Å². The number of nitrogens with zero attached hydrogens (tertiary/aromatic N) is 1. The number of rotatable bonds is 2. The summed E-state index contributed by atoms with van der Waals surface area (Å²) in [6.07, 6.45) is 1.73. The van der Waals surface area contributed by atoms with Gasteiger partial charge in [0.1, 0.15) is 0 Å². The number of nitrogens with one attached hydrogen (secondary N) is 2. The molecule has 1 aromatic rings. The van der Waals surface area contributed by atoms with Gasteiger partial charge in [-0.05, 0) is 23.8 Å². The number of halogens is 1. The normalized spacial score (nSPS) is 8.27. The molecule has 0 bridgehead atoms. The maximum Gasteiger partial charge on any atom is 1.00 e. The van der Waals surface area contributed by atoms with E-state index in [0.29, 0.717) is 16.7 Å². The van der Waals surface area contributed by atoms with Crippen molar-refractivity contribution in [1.29, 1.82) is 5.26 Å². The quantitative estimate of drug-likeness (QED) is 0.302. The summed E-state index contributed by atoms with van der Waals surface area (Å²) in [5.41, 5.74) is 0.941. The van der Waals surface area contributed by atoms with Crippen molar-refractivity contribution in [3.63, 3.8) is 0 Å². The Kier molecular flexibility index (Phi) is 7.75. The van der Waals surface area contributed by atoms with Crippen molar-refractivity contribution in [3.05, 3.63) is 34.9 Å². The number of hydrogen-bond acceptors (Lipinski definition) is 2. The molecule has 0 saturated carbocycles. The van der Waals surface area contributed by atoms with Crippen molar-refractivity contribution in [2.24, 2.45) is 0 Å². The van der Waals surface area contributed by atoms with Gasteiger partial charge in [0.15, 0.2) is 11.3 Å². The second-order valence-electron chi connectivity index (χ2n) is 2.51. The minimum Gasteiger partial charge on any atom is -1.00 e. The van der Waals surface area contributed by atoms with Gasteiger partial charge in [-0.25, -0.2) is 0 Å². The Morgan fingerprint density at radius 3 is 2.80 bits per heavy atom. The molecule has 15 heavy (non-hydrogen) atoms. The van der Waals surface area contributed by atoms with Crippen molar-refractivity contribution in [1.82, 2.24) is 10.6 Å². The van der Waals surface area contributed by atoms with E-state index in [-0.39, 0.29) is 31.0 Å². The van der Waals surface area contributed by atoms with Gasteiger partial charge in [0.25, 0.3) is 0 Å². The summed E-state index contributed by atoms with van der Waals surface area (Å²) in [6, 6.07) is 7.45. The molecule has 3 nitrogen and oxygen atoms in total. The van der Waals surface area contributed by atoms with E-state index in [9.17, 15) is 0 Å². The molecule has 0 aliphatic carbocycles. The van der Waals surface area contributed by atoms with Crippen LogP contribution in [0.1, 0.15) is 6.99 Å². The molecule has 0 aliphatic heterocycles. The Morgan fingerprint density at radius 1 is 1.53 bits per heavy atom. The Morgan fingerprint density at radius 2 is 2.20 bits per heavy atom. The van der Waals surface area contributed by atoms with Crippen LogP contribution in [0, 0.1) is 11.5 Å². The Hall–Kier alpha value is -0.310. The second kappa shape index (κ2) is 7.91. The molecule has 0 aromatic heterocycles. The van der Waals surface area contributed by atoms with Gasteiger partial charge in [0.2, 0.25) is 0 Å². The molecule has 0 fully saturated rings. The van der Waals surface area contributed by atoms with E-state index in [2.05, 4.69) is 10.6 Å². The summed E-state index contributed by atoms with van der Waals surface area (Å²) in [7, 11) is 0. The fourth-order valence-corrected chi connectivity index (χ4v) is 1.23. The summed E-state index contributed by atoms with van der Waals surface area (Å²) < 4.78 is 0. The molecule has 0 atom stereocenters. The zero-order valence-corrected chi connectivity index (χ0v) is 11.8. The van der Waals surface area contributed by atoms with Crippen LogP contribution >= 0.6 is 23.8 Å². The molecule has 6 heteroatoms. The molecule has 74 valence electrons. The third-order valence-electron chi connectivity index (χ3n) is 1.57. The smallest absolute Gasteiger partial charge is 1.00 e. The van der Waals surface area contributed by atoms with Gasteiger partial charge in [-0.1, -0.05) is 29.8 Å². The van der Waals surface area contributed by atoms with Crippen molar-refractivity contribution in [2.45, 2.75) is 6.54 Å². The minimum absolute atomic E-state index is 0. The summed E-state index contributed by atoms with van der Waals surface area (Å²) in [5, 5.41) is 14.4. The largest absolute Gasteiger partial charge is 1.00 e. The average molecular weight is 250 g/mol. The van der Waals surface area contributed by atoms with E-state index in [0.717, 1.165) is 5.56 Å². The van der Waals surface area contributed by atoms with Crippen LogP contribution in [-0.4, -0.2) is 5.11 Å². The number of nitriles is 1. The van der Waals surface area contributed by atoms with Crippen LogP contribution in [0.25, 0.3) is 0 Å². The molecule has 1 rings (SSSR count). The topological polar surface area (TPSA) is 47.9 Å². The Bertz CT molecular complexity index is 383. The van der Waals surface area contributed by atoms with Crippen molar-refractivity contribution in [2.75, 3.05) is 0 Å². The Labute approximate surface area is 123 Å². The SMILES string of the molecule is N#CNC(=S)NCc1ccccc1Cl.[H-].[Na+]. The van der Waals surface area contributed by atoms with E-state index in [1.165, 1.54) is 0 Å². The molecule has 0 radical (unpaired) electrons. The molecule has 2 N–H and O–H groups in total. The van der Waals surface area contributed by atoms with E-state index >= 15 is 0 Å². The maximum atomic E-state index is 8.27. The van der Waals surface area contributed by atoms with Crippen LogP contribution in [0.2, 0.25) is 5.02 Å². The third-order valence-corrected chi connectivity index (χ3v) is 2.18. The number of benzene rings is 1. The summed E-state index contributed by atoms with van der Waals surface area (Å²) in [6.45, 7) is 0.507. The monoisotopic (exact) mass is 249 g/mol. The first-order valence-electron chi connectivity index (χ1n) is 3.90. The van der Waals surface area contributed by atoms with Gasteiger partial charge in [0, 0.05) is 11.6 Å². The first kappa shape index (κ1) is 14.7. The first-order chi connectivity index (χ1) is 6.74. The summed E-state index contributed by atoms with van der Waals surface area (Å²) >= 11 is 10.7. The van der Waals surface area contributed by atoms with E-state index in [1.807, 2.05) is 18.2 Å². The van der Waals surface area contributed by atoms with Crippen LogP contribution in [-0.2, 0) is 6.54 Å². The third kappa shape index (κ3) is 5.36. The number of hydrogen-bond donors (Lipinski definition) is 2. The van der Waals surface area contributed by atoms with E-state index in [4.69, 9.17) is 29.1 Å². The van der Waals surface area contributed by atoms with Crippen LogP contribution in [0.5, 0.6) is 0 Å². The molecule has 1 aromatic carbocycles. The standard InChI is InChI=1S/C9H8ClN3S.Na.H/c10-8-4-2-1-3-7(8)5-12-9(14)13-6-11;;/h1-4H,5H2,(H2,12,13,14);;/q;+1;-1. The maximum absolute atomic E-state index is 8.27. The average Bonchev–Trinajstić information content (AvgIpc) is 2.17. The minimum atomic E-state index is 0. The van der Waals surface area contributed by atoms with E-state index in [1.54, 1.807) is 12.3 Å². The van der Waals surface area contributed by atoms with Crippen LogP contribution < -0.4 is 40.2 Å². The molecule has 0 amide bonds. The van der Waals surface area contributed by atoms with Gasteiger partial charge in [-0.3, -0.25) is 5.32 Å². The molecule has 0 spiro atoms. The van der Waals surface area contributed by atoms with Crippen molar-refractivity contribution < 1.29 is 31.0 Å². The van der Waals surface area contributed by atoms with Crippen molar-refractivity contribution >= 4 is 28.9 Å². The molecule has 0 heterocycles. The summed E-state index contributed by atoms with van der Waals surface area (Å²) in [5.74, 6) is 0. The zero-order valence-electron chi connectivity index (χ0n) is 9.25. The van der Waals surface area contributed by atoms with E-state index < -0.39 is 0 Å². The summed E-state index contributed by atoms with van der Waals surface area (Å²) in [4.78, 5) is 0. The fourth-order valence-electron chi connectivity index (χ4n) is 0.912. The first-order valence-corrected chi connectivity index (χ1v) is 4.69. The van der Waals surface area contributed by atoms with Gasteiger partial charge >= 0.3 is 29.6 Å². The van der Waals surface area contributed by atoms with Gasteiger partial charge in [-0.2, -0.15) is 5.26 Å². The van der Waals surface area contributed by atoms with Gasteiger partial charge in [-0.15, -0.1) is 0 Å². The predicted octanol–water partition coefficient (Wildman–Crippen LogP) is -1.10. The predicted molar refractivity (Wildman–Crippen MR) is 60.8 cm³/mol. The Balaban J connectivity index is 0. The molecule has 0 unspecified atom stereocenters.